The molecule has 0 amide bonds. The lowest BCUT2D eigenvalue weighted by Crippen LogP contribution is -2.31. The number of hydrogen-bond acceptors (Lipinski definition) is 6. The molecule has 0 bridgehead atoms. The number of sulfonamides is 1. The van der Waals surface area contributed by atoms with Crippen molar-refractivity contribution in [3.8, 4) is 5.75 Å². The minimum Gasteiger partial charge on any atom is -0.497 e. The maximum atomic E-state index is 13.1. The van der Waals surface area contributed by atoms with Crippen LogP contribution in [0.2, 0.25) is 0 Å². The highest BCUT2D eigenvalue weighted by molar-refractivity contribution is 7.89. The molecule has 1 saturated heterocycles. The molecule has 0 radical (unpaired) electrons. The van der Waals surface area contributed by atoms with Crippen LogP contribution < -0.4 is 4.74 Å². The molecule has 1 aromatic heterocycles. The second-order valence-corrected chi connectivity index (χ2v) is 7.51. The largest absolute Gasteiger partial charge is 0.497 e. The predicted molar refractivity (Wildman–Crippen MR) is 89.8 cm³/mol. The number of nitrogens with zero attached hydrogens (tertiary/aromatic N) is 3. The van der Waals surface area contributed by atoms with Crippen molar-refractivity contribution in [1.82, 2.24) is 9.29 Å². The molecule has 25 heavy (non-hydrogen) atoms. The Bertz CT molecular complexity index is 886. The van der Waals surface area contributed by atoms with E-state index in [1.165, 1.54) is 23.5 Å². The first-order valence-electron chi connectivity index (χ1n) is 7.69. The fourth-order valence-corrected chi connectivity index (χ4v) is 4.87. The molecule has 0 aliphatic carbocycles. The molecule has 9 heteroatoms. The molecular weight excluding hydrogens is 346 g/mol. The predicted octanol–water partition coefficient (Wildman–Crippen LogP) is 2.52. The van der Waals surface area contributed by atoms with Crippen molar-refractivity contribution >= 4 is 15.7 Å². The number of nitro groups is 1. The lowest BCUT2D eigenvalue weighted by molar-refractivity contribution is -0.387. The molecule has 2 aromatic rings. The van der Waals surface area contributed by atoms with Gasteiger partial charge >= 0.3 is 0 Å². The van der Waals surface area contributed by atoms with Crippen molar-refractivity contribution in [2.75, 3.05) is 13.7 Å². The molecule has 1 atom stereocenters. The Morgan fingerprint density at radius 3 is 2.80 bits per heavy atom. The first-order chi connectivity index (χ1) is 11.9. The van der Waals surface area contributed by atoms with E-state index in [2.05, 4.69) is 4.98 Å². The summed E-state index contributed by atoms with van der Waals surface area (Å²) >= 11 is 0. The number of hydrogen-bond donors (Lipinski definition) is 0. The summed E-state index contributed by atoms with van der Waals surface area (Å²) in [6.45, 7) is 0.311. The van der Waals surface area contributed by atoms with Crippen LogP contribution in [-0.4, -0.2) is 36.3 Å². The lowest BCUT2D eigenvalue weighted by Gasteiger charge is -2.24. The van der Waals surface area contributed by atoms with E-state index < -0.39 is 20.6 Å². The molecule has 1 aliphatic heterocycles. The molecule has 3 rings (SSSR count). The Morgan fingerprint density at radius 1 is 1.36 bits per heavy atom. The van der Waals surface area contributed by atoms with Crippen molar-refractivity contribution in [2.24, 2.45) is 0 Å². The van der Waals surface area contributed by atoms with E-state index in [4.69, 9.17) is 4.74 Å². The van der Waals surface area contributed by atoms with Crippen LogP contribution in [0.4, 0.5) is 5.69 Å². The van der Waals surface area contributed by atoms with Gasteiger partial charge in [0.05, 0.1) is 24.1 Å². The minimum absolute atomic E-state index is 0.232. The number of pyridine rings is 1. The van der Waals surface area contributed by atoms with Gasteiger partial charge in [-0.05, 0) is 36.6 Å². The van der Waals surface area contributed by atoms with Gasteiger partial charge in [0, 0.05) is 18.9 Å². The average molecular weight is 363 g/mol. The van der Waals surface area contributed by atoms with Gasteiger partial charge < -0.3 is 4.74 Å². The number of rotatable bonds is 5. The van der Waals surface area contributed by atoms with Crippen LogP contribution in [0.15, 0.2) is 47.6 Å². The standard InChI is InChI=1S/C16H17N3O5S/c1-24-13-6-7-16(15(10-13)19(20)21)25(22,23)18-9-3-5-14(18)12-4-2-8-17-11-12/h2,4,6-8,10-11,14H,3,5,9H2,1H3. The van der Waals surface area contributed by atoms with Crippen molar-refractivity contribution in [1.29, 1.82) is 0 Å². The van der Waals surface area contributed by atoms with Crippen molar-refractivity contribution in [3.05, 3.63) is 58.4 Å². The summed E-state index contributed by atoms with van der Waals surface area (Å²) < 4.78 is 32.5. The second kappa shape index (κ2) is 6.77. The van der Waals surface area contributed by atoms with Crippen LogP contribution in [0, 0.1) is 10.1 Å². The number of benzene rings is 1. The van der Waals surface area contributed by atoms with Gasteiger partial charge in [0.2, 0.25) is 10.0 Å². The molecule has 132 valence electrons. The maximum Gasteiger partial charge on any atom is 0.293 e. The molecular formula is C16H17N3O5S. The van der Waals surface area contributed by atoms with Crippen LogP contribution >= 0.6 is 0 Å². The number of methoxy groups -OCH3 is 1. The Morgan fingerprint density at radius 2 is 2.16 bits per heavy atom. The SMILES string of the molecule is COc1ccc(S(=O)(=O)N2CCCC2c2cccnc2)c([N+](=O)[O-])c1. The zero-order chi connectivity index (χ0) is 18.0. The highest BCUT2D eigenvalue weighted by Gasteiger charge is 2.39. The summed E-state index contributed by atoms with van der Waals surface area (Å²) in [4.78, 5) is 14.4. The number of aromatic nitrogens is 1. The normalized spacial score (nSPS) is 18.2. The first kappa shape index (κ1) is 17.3. The Balaban J connectivity index is 2.06. The molecule has 0 N–H and O–H groups in total. The van der Waals surface area contributed by atoms with Gasteiger partial charge in [-0.15, -0.1) is 0 Å². The third-order valence-corrected chi connectivity index (χ3v) is 6.18. The van der Waals surface area contributed by atoms with Crippen LogP contribution in [-0.2, 0) is 10.0 Å². The average Bonchev–Trinajstić information content (AvgIpc) is 3.12. The summed E-state index contributed by atoms with van der Waals surface area (Å²) in [5.41, 5.74) is 0.288. The Labute approximate surface area is 145 Å². The summed E-state index contributed by atoms with van der Waals surface area (Å²) in [6, 6.07) is 6.95. The summed E-state index contributed by atoms with van der Waals surface area (Å²) in [7, 11) is -2.66. The fraction of sp³-hybridized carbons (Fsp3) is 0.312. The zero-order valence-electron chi connectivity index (χ0n) is 13.5. The molecule has 0 spiro atoms. The van der Waals surface area contributed by atoms with E-state index in [9.17, 15) is 18.5 Å². The number of ether oxygens (including phenoxy) is 1. The van der Waals surface area contributed by atoms with E-state index >= 15 is 0 Å². The third kappa shape index (κ3) is 3.20. The molecule has 1 aromatic carbocycles. The quantitative estimate of drug-likeness (QED) is 0.597. The van der Waals surface area contributed by atoms with E-state index in [1.807, 2.05) is 6.07 Å². The van der Waals surface area contributed by atoms with E-state index in [0.717, 1.165) is 11.6 Å². The van der Waals surface area contributed by atoms with Gasteiger partial charge in [-0.3, -0.25) is 15.1 Å². The van der Waals surface area contributed by atoms with Crippen LogP contribution in [0.5, 0.6) is 5.75 Å². The maximum absolute atomic E-state index is 13.1. The first-order valence-corrected chi connectivity index (χ1v) is 9.13. The Kier molecular flexibility index (Phi) is 4.69. The highest BCUT2D eigenvalue weighted by Crippen LogP contribution is 2.39. The molecule has 1 fully saturated rings. The van der Waals surface area contributed by atoms with Gasteiger partial charge in [0.1, 0.15) is 5.75 Å². The minimum atomic E-state index is -4.03. The van der Waals surface area contributed by atoms with E-state index in [-0.39, 0.29) is 16.7 Å². The molecule has 1 unspecified atom stereocenters. The lowest BCUT2D eigenvalue weighted by atomic mass is 10.1. The topological polar surface area (TPSA) is 103 Å². The zero-order valence-corrected chi connectivity index (χ0v) is 14.3. The van der Waals surface area contributed by atoms with Crippen LogP contribution in [0.1, 0.15) is 24.4 Å². The smallest absolute Gasteiger partial charge is 0.293 e. The van der Waals surface area contributed by atoms with Crippen molar-refractivity contribution in [2.45, 2.75) is 23.8 Å². The number of nitro benzene ring substituents is 1. The van der Waals surface area contributed by atoms with Gasteiger partial charge in [-0.2, -0.15) is 4.31 Å². The summed E-state index contributed by atoms with van der Waals surface area (Å²) in [5.74, 6) is 0.232. The summed E-state index contributed by atoms with van der Waals surface area (Å²) in [5, 5.41) is 11.4. The molecule has 8 nitrogen and oxygen atoms in total. The molecule has 1 aliphatic rings. The Hall–Kier alpha value is -2.52. The van der Waals surface area contributed by atoms with Crippen molar-refractivity contribution in [3.63, 3.8) is 0 Å². The monoisotopic (exact) mass is 363 g/mol. The van der Waals surface area contributed by atoms with Gasteiger partial charge in [0.25, 0.3) is 5.69 Å². The van der Waals surface area contributed by atoms with Crippen LogP contribution in [0.25, 0.3) is 0 Å². The van der Waals surface area contributed by atoms with Gasteiger partial charge in [0.15, 0.2) is 4.90 Å². The summed E-state index contributed by atoms with van der Waals surface area (Å²) in [6.07, 6.45) is 4.57. The molecule has 2 heterocycles. The second-order valence-electron chi connectivity index (χ2n) is 5.65. The fourth-order valence-electron chi connectivity index (χ4n) is 3.05. The van der Waals surface area contributed by atoms with Gasteiger partial charge in [-0.1, -0.05) is 6.07 Å². The van der Waals surface area contributed by atoms with Crippen molar-refractivity contribution < 1.29 is 18.1 Å². The highest BCUT2D eigenvalue weighted by atomic mass is 32.2. The third-order valence-electron chi connectivity index (χ3n) is 4.22. The van der Waals surface area contributed by atoms with E-state index in [0.29, 0.717) is 19.4 Å². The van der Waals surface area contributed by atoms with Gasteiger partial charge in [-0.25, -0.2) is 8.42 Å². The molecule has 0 saturated carbocycles. The van der Waals surface area contributed by atoms with Crippen LogP contribution in [0.3, 0.4) is 0 Å². The van der Waals surface area contributed by atoms with E-state index in [1.54, 1.807) is 18.5 Å².